The Balaban J connectivity index is 2.01. The second-order valence-electron chi connectivity index (χ2n) is 4.25. The number of halogens is 1. The SMILES string of the molecule is CCn1ccnc1CN[C@H](C)c1ccccc1Cl. The standard InChI is InChI=1S/C14H18ClN3/c1-3-18-9-8-16-14(18)10-17-11(2)12-6-4-5-7-13(12)15/h4-9,11,17H,3,10H2,1-2H3/t11-/m1/s1. The first kappa shape index (κ1) is 13.1. The number of aryl methyl sites for hydroxylation is 1. The number of nitrogens with one attached hydrogen (secondary N) is 1. The molecule has 4 heteroatoms. The zero-order valence-electron chi connectivity index (χ0n) is 10.7. The molecule has 0 aliphatic heterocycles. The molecule has 1 N–H and O–H groups in total. The van der Waals surface area contributed by atoms with E-state index in [0.717, 1.165) is 29.5 Å². The molecule has 3 nitrogen and oxygen atoms in total. The zero-order valence-corrected chi connectivity index (χ0v) is 11.5. The van der Waals surface area contributed by atoms with Crippen molar-refractivity contribution in [2.45, 2.75) is 33.0 Å². The summed E-state index contributed by atoms with van der Waals surface area (Å²) in [5, 5.41) is 4.25. The third-order valence-electron chi connectivity index (χ3n) is 3.08. The molecule has 0 saturated carbocycles. The van der Waals surface area contributed by atoms with Crippen molar-refractivity contribution in [1.29, 1.82) is 0 Å². The molecule has 0 aliphatic rings. The van der Waals surface area contributed by atoms with Gasteiger partial charge in [0, 0.05) is 30.0 Å². The van der Waals surface area contributed by atoms with Crippen LogP contribution in [0, 0.1) is 0 Å². The molecule has 0 unspecified atom stereocenters. The minimum Gasteiger partial charge on any atom is -0.334 e. The van der Waals surface area contributed by atoms with Crippen LogP contribution < -0.4 is 5.32 Å². The van der Waals surface area contributed by atoms with Crippen molar-refractivity contribution in [2.24, 2.45) is 0 Å². The van der Waals surface area contributed by atoms with E-state index in [1.807, 2.05) is 36.7 Å². The monoisotopic (exact) mass is 263 g/mol. The van der Waals surface area contributed by atoms with Crippen molar-refractivity contribution in [3.63, 3.8) is 0 Å². The van der Waals surface area contributed by atoms with Crippen LogP contribution in [-0.2, 0) is 13.1 Å². The molecule has 0 fully saturated rings. The van der Waals surface area contributed by atoms with E-state index in [-0.39, 0.29) is 6.04 Å². The number of rotatable bonds is 5. The fourth-order valence-electron chi connectivity index (χ4n) is 1.98. The van der Waals surface area contributed by atoms with Crippen LogP contribution in [0.25, 0.3) is 0 Å². The average molecular weight is 264 g/mol. The molecule has 1 atom stereocenters. The Morgan fingerprint density at radius 1 is 1.39 bits per heavy atom. The van der Waals surface area contributed by atoms with Crippen LogP contribution in [0.2, 0.25) is 5.02 Å². The summed E-state index contributed by atoms with van der Waals surface area (Å²) in [6.45, 7) is 5.91. The van der Waals surface area contributed by atoms with Gasteiger partial charge in [0.15, 0.2) is 0 Å². The summed E-state index contributed by atoms with van der Waals surface area (Å²) in [7, 11) is 0. The van der Waals surface area contributed by atoms with Crippen LogP contribution >= 0.6 is 11.6 Å². The molecule has 0 aliphatic carbocycles. The summed E-state index contributed by atoms with van der Waals surface area (Å²) >= 11 is 6.18. The molecule has 2 aromatic rings. The van der Waals surface area contributed by atoms with Crippen LogP contribution in [-0.4, -0.2) is 9.55 Å². The number of nitrogens with zero attached hydrogens (tertiary/aromatic N) is 2. The molecule has 1 heterocycles. The van der Waals surface area contributed by atoms with E-state index in [1.54, 1.807) is 0 Å². The van der Waals surface area contributed by atoms with Crippen LogP contribution in [0.3, 0.4) is 0 Å². The first-order valence-electron chi connectivity index (χ1n) is 6.20. The molecule has 18 heavy (non-hydrogen) atoms. The van der Waals surface area contributed by atoms with Crippen molar-refractivity contribution in [1.82, 2.24) is 14.9 Å². The van der Waals surface area contributed by atoms with Gasteiger partial charge in [-0.05, 0) is 25.5 Å². The van der Waals surface area contributed by atoms with Crippen molar-refractivity contribution in [2.75, 3.05) is 0 Å². The van der Waals surface area contributed by atoms with Gasteiger partial charge in [0.2, 0.25) is 0 Å². The van der Waals surface area contributed by atoms with Crippen LogP contribution in [0.1, 0.15) is 31.3 Å². The lowest BCUT2D eigenvalue weighted by molar-refractivity contribution is 0.540. The minimum absolute atomic E-state index is 0.209. The first-order valence-corrected chi connectivity index (χ1v) is 6.58. The molecule has 0 bridgehead atoms. The van der Waals surface area contributed by atoms with E-state index in [9.17, 15) is 0 Å². The molecule has 0 spiro atoms. The number of hydrogen-bond acceptors (Lipinski definition) is 2. The molecule has 0 saturated heterocycles. The summed E-state index contributed by atoms with van der Waals surface area (Å²) in [4.78, 5) is 4.34. The second kappa shape index (κ2) is 6.03. The van der Waals surface area contributed by atoms with E-state index in [2.05, 4.69) is 28.7 Å². The number of benzene rings is 1. The summed E-state index contributed by atoms with van der Waals surface area (Å²) in [6.07, 6.45) is 3.83. The highest BCUT2D eigenvalue weighted by atomic mass is 35.5. The van der Waals surface area contributed by atoms with Crippen molar-refractivity contribution < 1.29 is 0 Å². The van der Waals surface area contributed by atoms with Gasteiger partial charge in [-0.3, -0.25) is 0 Å². The van der Waals surface area contributed by atoms with E-state index in [0.29, 0.717) is 0 Å². The summed E-state index contributed by atoms with van der Waals surface area (Å²) in [5.74, 6) is 1.05. The van der Waals surface area contributed by atoms with Gasteiger partial charge in [-0.25, -0.2) is 4.98 Å². The zero-order chi connectivity index (χ0) is 13.0. The third-order valence-corrected chi connectivity index (χ3v) is 3.42. The second-order valence-corrected chi connectivity index (χ2v) is 4.66. The van der Waals surface area contributed by atoms with E-state index >= 15 is 0 Å². The van der Waals surface area contributed by atoms with Gasteiger partial charge in [-0.2, -0.15) is 0 Å². The van der Waals surface area contributed by atoms with E-state index < -0.39 is 0 Å². The number of hydrogen-bond donors (Lipinski definition) is 1. The Kier molecular flexibility index (Phi) is 4.39. The number of aromatic nitrogens is 2. The van der Waals surface area contributed by atoms with Crippen molar-refractivity contribution in [3.05, 3.63) is 53.1 Å². The Bertz CT molecular complexity index is 507. The lowest BCUT2D eigenvalue weighted by atomic mass is 10.1. The van der Waals surface area contributed by atoms with Crippen LogP contribution in [0.15, 0.2) is 36.7 Å². The van der Waals surface area contributed by atoms with Crippen LogP contribution in [0.5, 0.6) is 0 Å². The predicted octanol–water partition coefficient (Wildman–Crippen LogP) is 3.41. The fraction of sp³-hybridized carbons (Fsp3) is 0.357. The largest absolute Gasteiger partial charge is 0.334 e. The van der Waals surface area contributed by atoms with E-state index in [1.165, 1.54) is 0 Å². The Morgan fingerprint density at radius 2 is 2.17 bits per heavy atom. The van der Waals surface area contributed by atoms with Gasteiger partial charge < -0.3 is 9.88 Å². The number of imidazole rings is 1. The Hall–Kier alpha value is -1.32. The van der Waals surface area contributed by atoms with Gasteiger partial charge >= 0.3 is 0 Å². The van der Waals surface area contributed by atoms with Gasteiger partial charge in [0.05, 0.1) is 6.54 Å². The molecule has 0 radical (unpaired) electrons. The molecule has 1 aromatic carbocycles. The minimum atomic E-state index is 0.209. The van der Waals surface area contributed by atoms with Crippen LogP contribution in [0.4, 0.5) is 0 Å². The quantitative estimate of drug-likeness (QED) is 0.896. The maximum atomic E-state index is 6.18. The maximum absolute atomic E-state index is 6.18. The Morgan fingerprint density at radius 3 is 2.89 bits per heavy atom. The van der Waals surface area contributed by atoms with Crippen molar-refractivity contribution >= 4 is 11.6 Å². The van der Waals surface area contributed by atoms with Gasteiger partial charge in [-0.1, -0.05) is 29.8 Å². The first-order chi connectivity index (χ1) is 8.72. The molecule has 1 aromatic heterocycles. The van der Waals surface area contributed by atoms with Gasteiger partial charge in [0.1, 0.15) is 5.82 Å². The van der Waals surface area contributed by atoms with E-state index in [4.69, 9.17) is 11.6 Å². The molecular formula is C14H18ClN3. The highest BCUT2D eigenvalue weighted by Crippen LogP contribution is 2.22. The Labute approximate surface area is 113 Å². The normalized spacial score (nSPS) is 12.6. The van der Waals surface area contributed by atoms with Crippen molar-refractivity contribution in [3.8, 4) is 0 Å². The molecule has 2 rings (SSSR count). The summed E-state index contributed by atoms with van der Waals surface area (Å²) in [6, 6.07) is 8.13. The predicted molar refractivity (Wildman–Crippen MR) is 74.6 cm³/mol. The van der Waals surface area contributed by atoms with Gasteiger partial charge in [0.25, 0.3) is 0 Å². The fourth-order valence-corrected chi connectivity index (χ4v) is 2.28. The average Bonchev–Trinajstić information content (AvgIpc) is 2.84. The third kappa shape index (κ3) is 2.92. The molecule has 0 amide bonds. The van der Waals surface area contributed by atoms with Gasteiger partial charge in [-0.15, -0.1) is 0 Å². The highest BCUT2D eigenvalue weighted by molar-refractivity contribution is 6.31. The smallest absolute Gasteiger partial charge is 0.122 e. The highest BCUT2D eigenvalue weighted by Gasteiger charge is 2.09. The lowest BCUT2D eigenvalue weighted by Crippen LogP contribution is -2.20. The topological polar surface area (TPSA) is 29.9 Å². The molecular weight excluding hydrogens is 246 g/mol. The lowest BCUT2D eigenvalue weighted by Gasteiger charge is -2.15. The summed E-state index contributed by atoms with van der Waals surface area (Å²) in [5.41, 5.74) is 1.12. The summed E-state index contributed by atoms with van der Waals surface area (Å²) < 4.78 is 2.13. The molecule has 96 valence electrons. The maximum Gasteiger partial charge on any atom is 0.122 e.